The number of amides is 1. The second-order valence-electron chi connectivity index (χ2n) is 4.20. The Kier molecular flexibility index (Phi) is 4.19. The lowest BCUT2D eigenvalue weighted by Crippen LogP contribution is -2.32. The van der Waals surface area contributed by atoms with E-state index in [1.54, 1.807) is 0 Å². The Morgan fingerprint density at radius 1 is 1.61 bits per heavy atom. The Labute approximate surface area is 113 Å². The number of hydrogen-bond donors (Lipinski definition) is 2. The van der Waals surface area contributed by atoms with Gasteiger partial charge in [0.15, 0.2) is 0 Å². The van der Waals surface area contributed by atoms with Gasteiger partial charge in [0.05, 0.1) is 16.1 Å². The van der Waals surface area contributed by atoms with Gasteiger partial charge in [0.2, 0.25) is 0 Å². The molecule has 1 fully saturated rings. The molecule has 0 aliphatic carbocycles. The van der Waals surface area contributed by atoms with E-state index in [0.717, 1.165) is 25.5 Å². The molecule has 0 saturated carbocycles. The Morgan fingerprint density at radius 2 is 2.39 bits per heavy atom. The molecule has 0 aromatic heterocycles. The lowest BCUT2D eigenvalue weighted by molar-refractivity contribution is 0.0858. The van der Waals surface area contributed by atoms with Crippen molar-refractivity contribution in [2.45, 2.75) is 18.9 Å². The third-order valence-corrected chi connectivity index (χ3v) is 3.46. The fraction of sp³-hybridized carbons (Fsp3) is 0.417. The number of ether oxygens (including phenoxy) is 1. The number of halogens is 2. The number of nitrogen functional groups attached to an aromatic ring is 1. The number of nitrogens with two attached hydrogens (primary N) is 1. The van der Waals surface area contributed by atoms with Crippen molar-refractivity contribution < 1.29 is 13.9 Å². The van der Waals surface area contributed by atoms with Crippen molar-refractivity contribution in [3.8, 4) is 0 Å². The predicted molar refractivity (Wildman–Crippen MR) is 69.8 cm³/mol. The molecule has 18 heavy (non-hydrogen) atoms. The number of nitrogens with one attached hydrogen (secondary N) is 1. The van der Waals surface area contributed by atoms with Gasteiger partial charge in [-0.2, -0.15) is 0 Å². The van der Waals surface area contributed by atoms with E-state index in [2.05, 4.69) is 21.2 Å². The zero-order valence-electron chi connectivity index (χ0n) is 9.71. The molecule has 98 valence electrons. The summed E-state index contributed by atoms with van der Waals surface area (Å²) in [5, 5.41) is 2.74. The van der Waals surface area contributed by atoms with Crippen LogP contribution < -0.4 is 11.1 Å². The van der Waals surface area contributed by atoms with Gasteiger partial charge in [-0.3, -0.25) is 4.79 Å². The van der Waals surface area contributed by atoms with E-state index < -0.39 is 5.82 Å². The van der Waals surface area contributed by atoms with E-state index in [-0.39, 0.29) is 27.7 Å². The van der Waals surface area contributed by atoms with Gasteiger partial charge < -0.3 is 15.8 Å². The zero-order valence-corrected chi connectivity index (χ0v) is 11.3. The first-order valence-electron chi connectivity index (χ1n) is 5.72. The molecule has 3 N–H and O–H groups in total. The van der Waals surface area contributed by atoms with Crippen molar-refractivity contribution in [1.82, 2.24) is 5.32 Å². The molecule has 1 unspecified atom stereocenters. The van der Waals surface area contributed by atoms with Crippen LogP contribution in [-0.2, 0) is 4.74 Å². The van der Waals surface area contributed by atoms with Crippen LogP contribution in [0.2, 0.25) is 0 Å². The molecule has 1 atom stereocenters. The molecule has 6 heteroatoms. The molecule has 4 nitrogen and oxygen atoms in total. The van der Waals surface area contributed by atoms with Gasteiger partial charge in [-0.1, -0.05) is 0 Å². The molecule has 0 spiro atoms. The molecule has 1 saturated heterocycles. The highest BCUT2D eigenvalue weighted by atomic mass is 79.9. The van der Waals surface area contributed by atoms with Gasteiger partial charge in [-0.25, -0.2) is 4.39 Å². The average Bonchev–Trinajstić information content (AvgIpc) is 2.84. The summed E-state index contributed by atoms with van der Waals surface area (Å²) < 4.78 is 18.8. The van der Waals surface area contributed by atoms with Crippen molar-refractivity contribution in [1.29, 1.82) is 0 Å². The van der Waals surface area contributed by atoms with E-state index in [0.29, 0.717) is 6.54 Å². The summed E-state index contributed by atoms with van der Waals surface area (Å²) in [5.74, 6) is -0.799. The molecule has 1 heterocycles. The highest BCUT2D eigenvalue weighted by Gasteiger charge is 2.18. The Balaban J connectivity index is 2.01. The van der Waals surface area contributed by atoms with Crippen molar-refractivity contribution in [3.05, 3.63) is 28.0 Å². The fourth-order valence-corrected chi connectivity index (χ4v) is 2.21. The van der Waals surface area contributed by atoms with Gasteiger partial charge >= 0.3 is 0 Å². The van der Waals surface area contributed by atoms with Crippen molar-refractivity contribution in [2.75, 3.05) is 18.9 Å². The van der Waals surface area contributed by atoms with E-state index in [9.17, 15) is 9.18 Å². The van der Waals surface area contributed by atoms with Gasteiger partial charge in [0, 0.05) is 18.8 Å². The monoisotopic (exact) mass is 316 g/mol. The van der Waals surface area contributed by atoms with E-state index >= 15 is 0 Å². The molecule has 1 aliphatic heterocycles. The number of benzene rings is 1. The molecular formula is C12H14BrFN2O2. The first-order chi connectivity index (χ1) is 8.58. The Hall–Kier alpha value is -1.14. The van der Waals surface area contributed by atoms with Crippen LogP contribution in [-0.4, -0.2) is 25.2 Å². The number of rotatable bonds is 3. The van der Waals surface area contributed by atoms with Crippen molar-refractivity contribution in [3.63, 3.8) is 0 Å². The largest absolute Gasteiger partial charge is 0.398 e. The highest BCUT2D eigenvalue weighted by molar-refractivity contribution is 9.10. The third-order valence-electron chi connectivity index (χ3n) is 2.85. The maximum Gasteiger partial charge on any atom is 0.253 e. The van der Waals surface area contributed by atoms with Crippen LogP contribution >= 0.6 is 15.9 Å². The third kappa shape index (κ3) is 3.00. The second-order valence-corrected chi connectivity index (χ2v) is 5.05. The van der Waals surface area contributed by atoms with Crippen LogP contribution in [0.4, 0.5) is 10.1 Å². The SMILES string of the molecule is Nc1cc(F)c(Br)cc1C(=O)NCC1CCCO1. The topological polar surface area (TPSA) is 64.4 Å². The summed E-state index contributed by atoms with van der Waals surface area (Å²) in [4.78, 5) is 11.9. The summed E-state index contributed by atoms with van der Waals surface area (Å²) in [6, 6.07) is 2.51. The van der Waals surface area contributed by atoms with Gasteiger partial charge in [0.25, 0.3) is 5.91 Å². The minimum Gasteiger partial charge on any atom is -0.398 e. The molecule has 1 amide bonds. The lowest BCUT2D eigenvalue weighted by Gasteiger charge is -2.12. The second kappa shape index (κ2) is 5.67. The van der Waals surface area contributed by atoms with Crippen molar-refractivity contribution >= 4 is 27.5 Å². The van der Waals surface area contributed by atoms with Crippen LogP contribution in [0.1, 0.15) is 23.2 Å². The maximum absolute atomic E-state index is 13.2. The quantitative estimate of drug-likeness (QED) is 0.839. The van der Waals surface area contributed by atoms with Crippen LogP contribution in [0.15, 0.2) is 16.6 Å². The fourth-order valence-electron chi connectivity index (χ4n) is 1.87. The summed E-state index contributed by atoms with van der Waals surface area (Å²) in [5.41, 5.74) is 6.01. The van der Waals surface area contributed by atoms with Crippen LogP contribution in [0, 0.1) is 5.82 Å². The molecule has 1 aliphatic rings. The van der Waals surface area contributed by atoms with Crippen molar-refractivity contribution in [2.24, 2.45) is 0 Å². The van der Waals surface area contributed by atoms with Crippen LogP contribution in [0.5, 0.6) is 0 Å². The Morgan fingerprint density at radius 3 is 3.06 bits per heavy atom. The summed E-state index contributed by atoms with van der Waals surface area (Å²) >= 11 is 3.03. The molecule has 1 aromatic carbocycles. The standard InChI is InChI=1S/C12H14BrFN2O2/c13-9-4-8(11(15)5-10(9)14)12(17)16-6-7-2-1-3-18-7/h4-5,7H,1-3,6,15H2,(H,16,17). The molecule has 2 rings (SSSR count). The van der Waals surface area contributed by atoms with E-state index in [1.165, 1.54) is 6.07 Å². The summed E-state index contributed by atoms with van der Waals surface area (Å²) in [6.45, 7) is 1.19. The molecular weight excluding hydrogens is 303 g/mol. The summed E-state index contributed by atoms with van der Waals surface area (Å²) in [6.07, 6.45) is 2.03. The van der Waals surface area contributed by atoms with E-state index in [1.807, 2.05) is 0 Å². The molecule has 0 bridgehead atoms. The lowest BCUT2D eigenvalue weighted by atomic mass is 10.1. The average molecular weight is 317 g/mol. The van der Waals surface area contributed by atoms with Gasteiger partial charge in [0.1, 0.15) is 5.82 Å². The Bertz CT molecular complexity index is 462. The summed E-state index contributed by atoms with van der Waals surface area (Å²) in [7, 11) is 0. The normalized spacial score (nSPS) is 18.9. The first kappa shape index (κ1) is 13.3. The van der Waals surface area contributed by atoms with Gasteiger partial charge in [-0.15, -0.1) is 0 Å². The number of carbonyl (C=O) groups is 1. The van der Waals surface area contributed by atoms with Crippen LogP contribution in [0.3, 0.4) is 0 Å². The smallest absolute Gasteiger partial charge is 0.253 e. The zero-order chi connectivity index (χ0) is 13.1. The predicted octanol–water partition coefficient (Wildman–Crippen LogP) is 2.08. The van der Waals surface area contributed by atoms with Crippen LogP contribution in [0.25, 0.3) is 0 Å². The minimum absolute atomic E-state index is 0.0686. The highest BCUT2D eigenvalue weighted by Crippen LogP contribution is 2.22. The number of carbonyl (C=O) groups excluding carboxylic acids is 1. The first-order valence-corrected chi connectivity index (χ1v) is 6.51. The molecule has 0 radical (unpaired) electrons. The van der Waals surface area contributed by atoms with E-state index in [4.69, 9.17) is 10.5 Å². The molecule has 1 aromatic rings. The minimum atomic E-state index is -0.483. The maximum atomic E-state index is 13.2. The number of anilines is 1. The number of hydrogen-bond acceptors (Lipinski definition) is 3. The van der Waals surface area contributed by atoms with Gasteiger partial charge in [-0.05, 0) is 40.9 Å².